The average molecular weight is 484 g/mol. The molecular weight excluding hydrogens is 461 g/mol. The minimum Gasteiger partial charge on any atom is -0.388 e. The second-order valence-electron chi connectivity index (χ2n) is 9.41. The van der Waals surface area contributed by atoms with Gasteiger partial charge >= 0.3 is 6.18 Å². The molecule has 1 spiro atoms. The molecule has 1 saturated carbocycles. The van der Waals surface area contributed by atoms with E-state index in [1.54, 1.807) is 34.5 Å². The first-order chi connectivity index (χ1) is 16.7. The molecule has 1 saturated heterocycles. The Bertz CT molecular complexity index is 1450. The van der Waals surface area contributed by atoms with Crippen molar-refractivity contribution < 1.29 is 27.8 Å². The van der Waals surface area contributed by atoms with E-state index in [1.165, 1.54) is 12.1 Å². The highest BCUT2D eigenvalue weighted by molar-refractivity contribution is 6.10. The second kappa shape index (κ2) is 7.56. The SMILES string of the molecule is Cn1cc2c3cc(C(=O)N[C@@H]4COC5(CCC5)[C@H]4O)ccc3n(-c3ccc(C(F)(F)F)cc3)c2n1. The molecule has 7 nitrogen and oxygen atoms in total. The molecular formula is C25H23F3N4O3. The first kappa shape index (κ1) is 22.1. The van der Waals surface area contributed by atoms with E-state index in [2.05, 4.69) is 10.4 Å². The maximum absolute atomic E-state index is 13.0. The molecule has 1 aliphatic heterocycles. The van der Waals surface area contributed by atoms with Crippen LogP contribution in [0.5, 0.6) is 0 Å². The largest absolute Gasteiger partial charge is 0.416 e. The smallest absolute Gasteiger partial charge is 0.388 e. The van der Waals surface area contributed by atoms with Crippen LogP contribution in [0.2, 0.25) is 0 Å². The van der Waals surface area contributed by atoms with Crippen LogP contribution < -0.4 is 5.32 Å². The molecule has 2 aromatic heterocycles. The molecule has 6 rings (SSSR count). The minimum absolute atomic E-state index is 0.270. The molecule has 0 bridgehead atoms. The molecule has 1 aliphatic carbocycles. The van der Waals surface area contributed by atoms with Crippen LogP contribution in [-0.2, 0) is 18.0 Å². The van der Waals surface area contributed by atoms with E-state index in [0.717, 1.165) is 47.7 Å². The van der Waals surface area contributed by atoms with E-state index in [0.29, 0.717) is 16.9 Å². The third-order valence-electron chi connectivity index (χ3n) is 7.25. The summed E-state index contributed by atoms with van der Waals surface area (Å²) >= 11 is 0. The van der Waals surface area contributed by atoms with Crippen molar-refractivity contribution in [2.24, 2.45) is 7.05 Å². The molecule has 0 unspecified atom stereocenters. The lowest BCUT2D eigenvalue weighted by Crippen LogP contribution is -2.52. The number of rotatable bonds is 3. The quantitative estimate of drug-likeness (QED) is 0.462. The first-order valence-corrected chi connectivity index (χ1v) is 11.4. The van der Waals surface area contributed by atoms with Gasteiger partial charge in [0.15, 0.2) is 5.65 Å². The van der Waals surface area contributed by atoms with E-state index in [-0.39, 0.29) is 12.5 Å². The lowest BCUT2D eigenvalue weighted by Gasteiger charge is -2.40. The Hall–Kier alpha value is -3.37. The van der Waals surface area contributed by atoms with Crippen LogP contribution >= 0.6 is 0 Å². The maximum atomic E-state index is 13.0. The Morgan fingerprint density at radius 3 is 2.54 bits per heavy atom. The number of amides is 1. The van der Waals surface area contributed by atoms with Crippen LogP contribution in [0.15, 0.2) is 48.7 Å². The lowest BCUT2D eigenvalue weighted by molar-refractivity contribution is -0.137. The van der Waals surface area contributed by atoms with Crippen molar-refractivity contribution in [1.82, 2.24) is 19.7 Å². The summed E-state index contributed by atoms with van der Waals surface area (Å²) in [6.07, 6.45) is -0.753. The number of carbonyl (C=O) groups excluding carboxylic acids is 1. The number of hydrogen-bond acceptors (Lipinski definition) is 4. The van der Waals surface area contributed by atoms with Crippen LogP contribution in [0, 0.1) is 0 Å². The Kier molecular flexibility index (Phi) is 4.78. The molecule has 2 aromatic carbocycles. The number of nitrogens with one attached hydrogen (secondary N) is 1. The normalized spacial score (nSPS) is 21.6. The second-order valence-corrected chi connectivity index (χ2v) is 9.41. The van der Waals surface area contributed by atoms with Gasteiger partial charge < -0.3 is 15.2 Å². The monoisotopic (exact) mass is 484 g/mol. The minimum atomic E-state index is -4.42. The number of alkyl halides is 3. The van der Waals surface area contributed by atoms with Gasteiger partial charge in [-0.3, -0.25) is 14.0 Å². The van der Waals surface area contributed by atoms with E-state index in [1.807, 2.05) is 6.20 Å². The highest BCUT2D eigenvalue weighted by atomic mass is 19.4. The maximum Gasteiger partial charge on any atom is 0.416 e. The van der Waals surface area contributed by atoms with E-state index < -0.39 is 29.5 Å². The number of aliphatic hydroxyl groups excluding tert-OH is 1. The number of aromatic nitrogens is 3. The van der Waals surface area contributed by atoms with Crippen LogP contribution in [0.1, 0.15) is 35.2 Å². The number of aryl methyl sites for hydroxylation is 1. The number of carbonyl (C=O) groups is 1. The van der Waals surface area contributed by atoms with Gasteiger partial charge in [-0.05, 0) is 61.7 Å². The Labute approximate surface area is 198 Å². The first-order valence-electron chi connectivity index (χ1n) is 11.4. The molecule has 4 aromatic rings. The predicted octanol–water partition coefficient (Wildman–Crippen LogP) is 3.95. The summed E-state index contributed by atoms with van der Waals surface area (Å²) in [5, 5.41) is 19.6. The van der Waals surface area contributed by atoms with Crippen molar-refractivity contribution in [1.29, 1.82) is 0 Å². The Morgan fingerprint density at radius 2 is 1.91 bits per heavy atom. The van der Waals surface area contributed by atoms with E-state index >= 15 is 0 Å². The van der Waals surface area contributed by atoms with Crippen molar-refractivity contribution in [3.63, 3.8) is 0 Å². The van der Waals surface area contributed by atoms with Crippen LogP contribution in [0.4, 0.5) is 13.2 Å². The number of halogens is 3. The zero-order valence-corrected chi connectivity index (χ0v) is 18.8. The number of fused-ring (bicyclic) bond motifs is 3. The molecule has 182 valence electrons. The number of aliphatic hydroxyl groups is 1. The molecule has 2 atom stereocenters. The summed E-state index contributed by atoms with van der Waals surface area (Å²) in [7, 11) is 1.76. The summed E-state index contributed by atoms with van der Waals surface area (Å²) in [5.41, 5.74) is 0.988. The zero-order valence-electron chi connectivity index (χ0n) is 18.8. The Balaban J connectivity index is 1.36. The van der Waals surface area contributed by atoms with Gasteiger partial charge in [0, 0.05) is 35.3 Å². The van der Waals surface area contributed by atoms with Gasteiger partial charge in [0.1, 0.15) is 6.10 Å². The summed E-state index contributed by atoms with van der Waals surface area (Å²) in [4.78, 5) is 13.0. The topological polar surface area (TPSA) is 81.3 Å². The molecule has 1 amide bonds. The molecule has 35 heavy (non-hydrogen) atoms. The van der Waals surface area contributed by atoms with Gasteiger partial charge in [0.2, 0.25) is 0 Å². The van der Waals surface area contributed by atoms with Crippen LogP contribution in [-0.4, -0.2) is 49.7 Å². The van der Waals surface area contributed by atoms with Gasteiger partial charge in [0.25, 0.3) is 5.91 Å². The fourth-order valence-corrected chi connectivity index (χ4v) is 5.23. The number of benzene rings is 2. The average Bonchev–Trinajstić information content (AvgIpc) is 3.42. The fourth-order valence-electron chi connectivity index (χ4n) is 5.23. The number of hydrogen-bond donors (Lipinski definition) is 2. The number of nitrogens with zero attached hydrogens (tertiary/aromatic N) is 3. The fraction of sp³-hybridized carbons (Fsp3) is 0.360. The van der Waals surface area contributed by atoms with Crippen molar-refractivity contribution in [3.8, 4) is 5.69 Å². The molecule has 10 heteroatoms. The van der Waals surface area contributed by atoms with Crippen molar-refractivity contribution in [2.45, 2.75) is 43.2 Å². The van der Waals surface area contributed by atoms with E-state index in [4.69, 9.17) is 4.74 Å². The molecule has 2 N–H and O–H groups in total. The van der Waals surface area contributed by atoms with Crippen LogP contribution in [0.25, 0.3) is 27.6 Å². The van der Waals surface area contributed by atoms with Crippen molar-refractivity contribution >= 4 is 27.8 Å². The third-order valence-corrected chi connectivity index (χ3v) is 7.25. The zero-order chi connectivity index (χ0) is 24.5. The van der Waals surface area contributed by atoms with Crippen LogP contribution in [0.3, 0.4) is 0 Å². The highest BCUT2D eigenvalue weighted by Crippen LogP contribution is 2.43. The standard InChI is InChI=1S/C25H23F3N4O3/c1-31-12-18-17-11-14(23(34)29-19-13-35-24(21(19)33)9-2-10-24)3-8-20(17)32(22(18)30-31)16-6-4-15(5-7-16)25(26,27)28/h3-8,11-12,19,21,33H,2,9-10,13H2,1H3,(H,29,34)/t19-,21+/m1/s1. The third kappa shape index (κ3) is 3.42. The van der Waals surface area contributed by atoms with Crippen molar-refractivity contribution in [3.05, 3.63) is 59.8 Å². The summed E-state index contributed by atoms with van der Waals surface area (Å²) < 4.78 is 48.3. The predicted molar refractivity (Wildman–Crippen MR) is 122 cm³/mol. The molecule has 3 heterocycles. The van der Waals surface area contributed by atoms with Gasteiger partial charge in [-0.15, -0.1) is 0 Å². The lowest BCUT2D eigenvalue weighted by atomic mass is 9.75. The summed E-state index contributed by atoms with van der Waals surface area (Å²) in [6, 6.07) is 9.61. The van der Waals surface area contributed by atoms with Crippen molar-refractivity contribution in [2.75, 3.05) is 6.61 Å². The van der Waals surface area contributed by atoms with Gasteiger partial charge in [0.05, 0.1) is 29.3 Å². The van der Waals surface area contributed by atoms with E-state index in [9.17, 15) is 23.1 Å². The summed E-state index contributed by atoms with van der Waals surface area (Å²) in [5.74, 6) is -0.324. The highest BCUT2D eigenvalue weighted by Gasteiger charge is 2.53. The summed E-state index contributed by atoms with van der Waals surface area (Å²) in [6.45, 7) is 0.270. The molecule has 0 radical (unpaired) electrons. The molecule has 2 aliphatic rings. The van der Waals surface area contributed by atoms with Gasteiger partial charge in [-0.2, -0.15) is 18.3 Å². The number of ether oxygens (including phenoxy) is 1. The van der Waals surface area contributed by atoms with Gasteiger partial charge in [-0.25, -0.2) is 0 Å². The Morgan fingerprint density at radius 1 is 1.17 bits per heavy atom. The molecule has 2 fully saturated rings. The van der Waals surface area contributed by atoms with Gasteiger partial charge in [-0.1, -0.05) is 0 Å².